The van der Waals surface area contributed by atoms with E-state index in [1.807, 2.05) is 30.1 Å². The van der Waals surface area contributed by atoms with E-state index in [1.165, 1.54) is 12.8 Å². The molecule has 0 aliphatic carbocycles. The number of likely N-dealkylation sites (N-methyl/N-ethyl adjacent to an activating group) is 2. The number of aromatic nitrogens is 3. The molecule has 0 saturated heterocycles. The zero-order valence-electron chi connectivity index (χ0n) is 21.7. The molecule has 0 saturated carbocycles. The quantitative estimate of drug-likeness (QED) is 0.235. The Labute approximate surface area is 204 Å². The van der Waals surface area contributed by atoms with Gasteiger partial charge in [0.1, 0.15) is 11.5 Å². The van der Waals surface area contributed by atoms with Gasteiger partial charge < -0.3 is 25.4 Å². The summed E-state index contributed by atoms with van der Waals surface area (Å²) >= 11 is 0. The van der Waals surface area contributed by atoms with Gasteiger partial charge in [0, 0.05) is 38.9 Å². The Hall–Kier alpha value is -2.94. The first-order valence-electron chi connectivity index (χ1n) is 12.3. The Balaban J connectivity index is 2.02. The molecule has 9 heteroatoms. The molecule has 2 aromatic heterocycles. The number of aryl methyl sites for hydroxylation is 1. The Kier molecular flexibility index (Phi) is 11.5. The fraction of sp³-hybridized carbons (Fsp3) is 0.600. The molecule has 1 unspecified atom stereocenters. The van der Waals surface area contributed by atoms with Crippen molar-refractivity contribution in [3.63, 3.8) is 0 Å². The molecular formula is C25H42N8O. The second-order valence-electron chi connectivity index (χ2n) is 8.51. The summed E-state index contributed by atoms with van der Waals surface area (Å²) in [4.78, 5) is 28.2. The lowest BCUT2D eigenvalue weighted by molar-refractivity contribution is 0.459. The van der Waals surface area contributed by atoms with Crippen LogP contribution in [-0.2, 0) is 6.54 Å². The van der Waals surface area contributed by atoms with E-state index < -0.39 is 0 Å². The molecule has 3 N–H and O–H groups in total. The van der Waals surface area contributed by atoms with Gasteiger partial charge in [-0.3, -0.25) is 9.79 Å². The second-order valence-corrected chi connectivity index (χ2v) is 8.51. The van der Waals surface area contributed by atoms with Gasteiger partial charge in [0.05, 0.1) is 24.1 Å². The van der Waals surface area contributed by atoms with Gasteiger partial charge in [0.25, 0.3) is 5.56 Å². The lowest BCUT2D eigenvalue weighted by atomic mass is 10.1. The summed E-state index contributed by atoms with van der Waals surface area (Å²) in [6.07, 6.45) is 8.19. The van der Waals surface area contributed by atoms with Crippen molar-refractivity contribution >= 4 is 17.5 Å². The molecule has 2 rings (SSSR count). The summed E-state index contributed by atoms with van der Waals surface area (Å²) in [5.74, 6) is 1.30. The largest absolute Gasteiger partial charge is 0.369 e. The third-order valence-electron chi connectivity index (χ3n) is 5.88. The number of pyridine rings is 1. The Bertz CT molecular complexity index is 954. The van der Waals surface area contributed by atoms with Crippen LogP contribution in [0, 0.1) is 6.92 Å². The van der Waals surface area contributed by atoms with Crippen LogP contribution >= 0.6 is 0 Å². The molecule has 34 heavy (non-hydrogen) atoms. The van der Waals surface area contributed by atoms with E-state index in [1.54, 1.807) is 14.0 Å². The van der Waals surface area contributed by atoms with Crippen molar-refractivity contribution in [2.75, 3.05) is 43.9 Å². The maximum absolute atomic E-state index is 12.6. The fourth-order valence-corrected chi connectivity index (χ4v) is 3.78. The minimum atomic E-state index is -0.0182. The molecule has 0 spiro atoms. The molecule has 0 aliphatic heterocycles. The molecule has 188 valence electrons. The van der Waals surface area contributed by atoms with Gasteiger partial charge in [-0.05, 0) is 46.4 Å². The SMILES string of the molecule is CCCCCC(C)n1cc(CNC(=NC)Nc2ccc(N(CC)CCNC)cn2)nc(C)c1=O. The van der Waals surface area contributed by atoms with E-state index in [0.29, 0.717) is 24.0 Å². The highest BCUT2D eigenvalue weighted by Crippen LogP contribution is 2.15. The third kappa shape index (κ3) is 8.13. The van der Waals surface area contributed by atoms with E-state index in [-0.39, 0.29) is 11.6 Å². The van der Waals surface area contributed by atoms with Crippen LogP contribution in [0.2, 0.25) is 0 Å². The maximum Gasteiger partial charge on any atom is 0.272 e. The highest BCUT2D eigenvalue weighted by Gasteiger charge is 2.12. The van der Waals surface area contributed by atoms with Crippen molar-refractivity contribution in [3.8, 4) is 0 Å². The normalized spacial score (nSPS) is 12.5. The van der Waals surface area contributed by atoms with E-state index in [0.717, 1.165) is 43.9 Å². The van der Waals surface area contributed by atoms with Crippen molar-refractivity contribution in [1.82, 2.24) is 25.2 Å². The first kappa shape index (κ1) is 27.3. The summed E-state index contributed by atoms with van der Waals surface area (Å²) in [5.41, 5.74) is 2.38. The van der Waals surface area contributed by atoms with Gasteiger partial charge in [-0.15, -0.1) is 0 Å². The zero-order valence-corrected chi connectivity index (χ0v) is 21.7. The van der Waals surface area contributed by atoms with Gasteiger partial charge in [0.2, 0.25) is 0 Å². The van der Waals surface area contributed by atoms with Crippen LogP contribution in [0.3, 0.4) is 0 Å². The van der Waals surface area contributed by atoms with Crippen LogP contribution < -0.4 is 26.4 Å². The van der Waals surface area contributed by atoms with Gasteiger partial charge in [-0.2, -0.15) is 0 Å². The van der Waals surface area contributed by atoms with Gasteiger partial charge >= 0.3 is 0 Å². The second kappa shape index (κ2) is 14.3. The minimum Gasteiger partial charge on any atom is -0.369 e. The smallest absolute Gasteiger partial charge is 0.272 e. The lowest BCUT2D eigenvalue weighted by Crippen LogP contribution is -2.33. The monoisotopic (exact) mass is 470 g/mol. The van der Waals surface area contributed by atoms with Crippen molar-refractivity contribution in [1.29, 1.82) is 0 Å². The van der Waals surface area contributed by atoms with Crippen molar-refractivity contribution in [2.45, 2.75) is 66.0 Å². The molecule has 0 radical (unpaired) electrons. The average molecular weight is 471 g/mol. The Morgan fingerprint density at radius 3 is 2.68 bits per heavy atom. The number of unbranched alkanes of at least 4 members (excludes halogenated alkanes) is 2. The number of rotatable bonds is 13. The van der Waals surface area contributed by atoms with E-state index >= 15 is 0 Å². The summed E-state index contributed by atoms with van der Waals surface area (Å²) in [6.45, 7) is 11.4. The predicted octanol–water partition coefficient (Wildman–Crippen LogP) is 3.32. The molecule has 1 atom stereocenters. The van der Waals surface area contributed by atoms with Crippen LogP contribution in [0.5, 0.6) is 0 Å². The Morgan fingerprint density at radius 1 is 1.26 bits per heavy atom. The first-order valence-corrected chi connectivity index (χ1v) is 12.3. The van der Waals surface area contributed by atoms with Gasteiger partial charge in [-0.1, -0.05) is 26.2 Å². The summed E-state index contributed by atoms with van der Waals surface area (Å²) in [5, 5.41) is 9.68. The number of hydrogen-bond acceptors (Lipinski definition) is 6. The predicted molar refractivity (Wildman–Crippen MR) is 142 cm³/mol. The molecular weight excluding hydrogens is 428 g/mol. The van der Waals surface area contributed by atoms with Crippen molar-refractivity contribution in [2.24, 2.45) is 4.99 Å². The topological polar surface area (TPSA) is 99.5 Å². The van der Waals surface area contributed by atoms with Gasteiger partial charge in [0.15, 0.2) is 5.96 Å². The number of nitrogens with one attached hydrogen (secondary N) is 3. The summed E-state index contributed by atoms with van der Waals surface area (Å²) in [7, 11) is 3.67. The number of aliphatic imine (C=N–C) groups is 1. The number of guanidine groups is 1. The van der Waals surface area contributed by atoms with Crippen molar-refractivity contribution in [3.05, 3.63) is 46.3 Å². The molecule has 0 aromatic carbocycles. The maximum atomic E-state index is 12.6. The number of nitrogens with zero attached hydrogens (tertiary/aromatic N) is 5. The molecule has 0 bridgehead atoms. The van der Waals surface area contributed by atoms with Crippen LogP contribution in [0.4, 0.5) is 11.5 Å². The molecule has 0 aliphatic rings. The highest BCUT2D eigenvalue weighted by atomic mass is 16.1. The fourth-order valence-electron chi connectivity index (χ4n) is 3.78. The Morgan fingerprint density at radius 2 is 2.06 bits per heavy atom. The molecule has 2 heterocycles. The van der Waals surface area contributed by atoms with E-state index in [4.69, 9.17) is 0 Å². The van der Waals surface area contributed by atoms with Crippen molar-refractivity contribution < 1.29 is 0 Å². The standard InChI is InChI=1S/C25H42N8O/c1-7-9-10-11-19(3)33-18-21(30-20(4)24(33)34)16-29-25(27-6)31-23-13-12-22(17-28-23)32(8-2)15-14-26-5/h12-13,17-19,26H,7-11,14-16H2,1-6H3,(H2,27,28,29,31). The number of hydrogen-bond donors (Lipinski definition) is 3. The minimum absolute atomic E-state index is 0.0182. The molecule has 2 aromatic rings. The zero-order chi connectivity index (χ0) is 24.9. The summed E-state index contributed by atoms with van der Waals surface area (Å²) in [6, 6.07) is 4.16. The highest BCUT2D eigenvalue weighted by molar-refractivity contribution is 5.92. The van der Waals surface area contributed by atoms with E-state index in [9.17, 15) is 4.79 Å². The average Bonchev–Trinajstić information content (AvgIpc) is 2.85. The van der Waals surface area contributed by atoms with Crippen LogP contribution in [-0.4, -0.2) is 54.2 Å². The molecule has 0 fully saturated rings. The van der Waals surface area contributed by atoms with Crippen LogP contribution in [0.1, 0.15) is 63.9 Å². The third-order valence-corrected chi connectivity index (χ3v) is 5.88. The summed E-state index contributed by atoms with van der Waals surface area (Å²) < 4.78 is 1.82. The number of anilines is 2. The lowest BCUT2D eigenvalue weighted by Gasteiger charge is -2.22. The van der Waals surface area contributed by atoms with Crippen LogP contribution in [0.15, 0.2) is 34.3 Å². The van der Waals surface area contributed by atoms with E-state index in [2.05, 4.69) is 62.6 Å². The van der Waals surface area contributed by atoms with Gasteiger partial charge in [-0.25, -0.2) is 9.97 Å². The van der Waals surface area contributed by atoms with Crippen LogP contribution in [0.25, 0.3) is 0 Å². The molecule has 9 nitrogen and oxygen atoms in total. The first-order chi connectivity index (χ1) is 16.4. The molecule has 0 amide bonds.